The summed E-state index contributed by atoms with van der Waals surface area (Å²) in [5.41, 5.74) is 1.24. The number of carbonyl (C=O) groups is 2. The number of thiophene rings is 1. The fourth-order valence-electron chi connectivity index (χ4n) is 3.39. The van der Waals surface area contributed by atoms with Gasteiger partial charge in [0.05, 0.1) is 6.04 Å². The van der Waals surface area contributed by atoms with Gasteiger partial charge in [0.2, 0.25) is 5.91 Å². The van der Waals surface area contributed by atoms with Crippen LogP contribution in [0.3, 0.4) is 0 Å². The number of urea groups is 1. The summed E-state index contributed by atoms with van der Waals surface area (Å²) >= 11 is 1.67. The van der Waals surface area contributed by atoms with Crippen molar-refractivity contribution in [3.05, 3.63) is 22.4 Å². The fraction of sp³-hybridized carbons (Fsp3) is 0.625. The Hall–Kier alpha value is -1.56. The van der Waals surface area contributed by atoms with Gasteiger partial charge in [-0.25, -0.2) is 4.79 Å². The van der Waals surface area contributed by atoms with Crippen LogP contribution in [0.4, 0.5) is 4.79 Å². The summed E-state index contributed by atoms with van der Waals surface area (Å²) in [5, 5.41) is 7.25. The molecule has 3 rings (SSSR count). The van der Waals surface area contributed by atoms with Crippen LogP contribution >= 0.6 is 11.3 Å². The molecule has 0 spiro atoms. The molecule has 3 heterocycles. The van der Waals surface area contributed by atoms with Gasteiger partial charge in [0, 0.05) is 32.1 Å². The van der Waals surface area contributed by atoms with Gasteiger partial charge in [0.1, 0.15) is 0 Å². The number of nitrogens with zero attached hydrogens (tertiary/aromatic N) is 2. The third-order valence-electron chi connectivity index (χ3n) is 4.48. The Morgan fingerprint density at radius 2 is 2.32 bits per heavy atom. The molecule has 2 aliphatic heterocycles. The molecule has 2 atom stereocenters. The summed E-state index contributed by atoms with van der Waals surface area (Å²) in [7, 11) is 0. The van der Waals surface area contributed by atoms with E-state index in [1.807, 2.05) is 16.7 Å². The Balaban J connectivity index is 1.55. The van der Waals surface area contributed by atoms with Crippen LogP contribution in [0.15, 0.2) is 16.8 Å². The Bertz CT molecular complexity index is 532. The average Bonchev–Trinajstić information content (AvgIpc) is 3.19. The monoisotopic (exact) mass is 321 g/mol. The van der Waals surface area contributed by atoms with Crippen molar-refractivity contribution in [1.82, 2.24) is 15.1 Å². The Morgan fingerprint density at radius 3 is 3.00 bits per heavy atom. The highest BCUT2D eigenvalue weighted by atomic mass is 32.1. The summed E-state index contributed by atoms with van der Waals surface area (Å²) in [5.74, 6) is 0.207. The number of rotatable bonds is 4. The largest absolute Gasteiger partial charge is 0.341 e. The molecule has 1 aromatic rings. The number of hydrogen-bond acceptors (Lipinski definition) is 3. The van der Waals surface area contributed by atoms with Crippen LogP contribution in [0.2, 0.25) is 0 Å². The van der Waals surface area contributed by atoms with Gasteiger partial charge in [-0.3, -0.25) is 4.79 Å². The van der Waals surface area contributed by atoms with Gasteiger partial charge >= 0.3 is 6.03 Å². The van der Waals surface area contributed by atoms with Crippen LogP contribution in [-0.4, -0.2) is 47.4 Å². The van der Waals surface area contributed by atoms with Crippen molar-refractivity contribution in [2.45, 2.75) is 44.7 Å². The molecule has 0 saturated carbocycles. The maximum absolute atomic E-state index is 12.5. The second-order valence-electron chi connectivity index (χ2n) is 6.20. The molecule has 0 aromatic carbocycles. The summed E-state index contributed by atoms with van der Waals surface area (Å²) in [6, 6.07) is 2.28. The Labute approximate surface area is 135 Å². The summed E-state index contributed by atoms with van der Waals surface area (Å²) in [6.45, 7) is 4.21. The molecule has 22 heavy (non-hydrogen) atoms. The predicted octanol–water partition coefficient (Wildman–Crippen LogP) is 2.61. The standard InChI is InChI=1S/C16H23N3O2S/c1-12(10-18-7-3-5-15(18)20)17-16(21)19-8-2-4-14(19)13-6-9-22-11-13/h6,9,11-12,14H,2-5,7-8,10H2,1H3,(H,17,21)/t12-,14+/m0/s1. The van der Waals surface area contributed by atoms with Crippen molar-refractivity contribution in [2.24, 2.45) is 0 Å². The van der Waals surface area contributed by atoms with Crippen molar-refractivity contribution in [1.29, 1.82) is 0 Å². The molecule has 2 aliphatic rings. The van der Waals surface area contributed by atoms with E-state index in [-0.39, 0.29) is 24.0 Å². The first-order valence-corrected chi connectivity index (χ1v) is 8.96. The molecule has 1 aromatic heterocycles. The number of nitrogens with one attached hydrogen (secondary N) is 1. The van der Waals surface area contributed by atoms with Crippen LogP contribution in [0, 0.1) is 0 Å². The molecule has 2 saturated heterocycles. The van der Waals surface area contributed by atoms with Crippen LogP contribution < -0.4 is 5.32 Å². The van der Waals surface area contributed by atoms with Crippen molar-refractivity contribution < 1.29 is 9.59 Å². The zero-order valence-corrected chi connectivity index (χ0v) is 13.8. The van der Waals surface area contributed by atoms with Crippen LogP contribution in [0.25, 0.3) is 0 Å². The van der Waals surface area contributed by atoms with Crippen molar-refractivity contribution in [2.75, 3.05) is 19.6 Å². The average molecular weight is 321 g/mol. The smallest absolute Gasteiger partial charge is 0.318 e. The first-order chi connectivity index (χ1) is 10.6. The Morgan fingerprint density at radius 1 is 1.45 bits per heavy atom. The maximum Gasteiger partial charge on any atom is 0.318 e. The summed E-state index contributed by atoms with van der Waals surface area (Å²) < 4.78 is 0. The minimum Gasteiger partial charge on any atom is -0.341 e. The third-order valence-corrected chi connectivity index (χ3v) is 5.18. The van der Waals surface area contributed by atoms with E-state index in [0.29, 0.717) is 13.0 Å². The lowest BCUT2D eigenvalue weighted by atomic mass is 10.1. The van der Waals surface area contributed by atoms with Crippen LogP contribution in [0.5, 0.6) is 0 Å². The molecule has 3 amide bonds. The fourth-order valence-corrected chi connectivity index (χ4v) is 4.09. The molecule has 2 fully saturated rings. The molecule has 0 radical (unpaired) electrons. The van der Waals surface area contributed by atoms with Crippen LogP contribution in [-0.2, 0) is 4.79 Å². The molecular formula is C16H23N3O2S. The lowest BCUT2D eigenvalue weighted by molar-refractivity contribution is -0.127. The van der Waals surface area contributed by atoms with E-state index >= 15 is 0 Å². The minimum absolute atomic E-state index is 0.00662. The Kier molecular flexibility index (Phi) is 4.66. The lowest BCUT2D eigenvalue weighted by Gasteiger charge is -2.28. The first-order valence-electron chi connectivity index (χ1n) is 8.02. The molecule has 0 unspecified atom stereocenters. The van der Waals surface area contributed by atoms with Gasteiger partial charge in [-0.05, 0) is 48.6 Å². The normalized spacial score (nSPS) is 23.1. The highest BCUT2D eigenvalue weighted by Crippen LogP contribution is 2.32. The molecule has 0 bridgehead atoms. The molecule has 5 nitrogen and oxygen atoms in total. The topological polar surface area (TPSA) is 52.7 Å². The van der Waals surface area contributed by atoms with E-state index in [1.165, 1.54) is 5.56 Å². The van der Waals surface area contributed by atoms with Crippen molar-refractivity contribution >= 4 is 23.3 Å². The van der Waals surface area contributed by atoms with Gasteiger partial charge in [-0.15, -0.1) is 0 Å². The van der Waals surface area contributed by atoms with Gasteiger partial charge in [0.25, 0.3) is 0 Å². The van der Waals surface area contributed by atoms with E-state index in [0.717, 1.165) is 32.4 Å². The molecule has 120 valence electrons. The van der Waals surface area contributed by atoms with E-state index in [1.54, 1.807) is 11.3 Å². The molecular weight excluding hydrogens is 298 g/mol. The van der Waals surface area contributed by atoms with E-state index in [2.05, 4.69) is 22.1 Å². The van der Waals surface area contributed by atoms with Gasteiger partial charge < -0.3 is 15.1 Å². The highest BCUT2D eigenvalue weighted by molar-refractivity contribution is 7.07. The van der Waals surface area contributed by atoms with Gasteiger partial charge in [-0.1, -0.05) is 0 Å². The zero-order valence-electron chi connectivity index (χ0n) is 13.0. The number of carbonyl (C=O) groups excluding carboxylic acids is 2. The van der Waals surface area contributed by atoms with Gasteiger partial charge in [-0.2, -0.15) is 11.3 Å². The minimum atomic E-state index is -0.0155. The molecule has 0 aliphatic carbocycles. The summed E-state index contributed by atoms with van der Waals surface area (Å²) in [4.78, 5) is 28.0. The highest BCUT2D eigenvalue weighted by Gasteiger charge is 2.31. The maximum atomic E-state index is 12.5. The predicted molar refractivity (Wildman–Crippen MR) is 86.8 cm³/mol. The zero-order chi connectivity index (χ0) is 15.5. The molecule has 1 N–H and O–H groups in total. The second-order valence-corrected chi connectivity index (χ2v) is 6.98. The van der Waals surface area contributed by atoms with E-state index < -0.39 is 0 Å². The third kappa shape index (κ3) is 3.27. The van der Waals surface area contributed by atoms with Gasteiger partial charge in [0.15, 0.2) is 0 Å². The SMILES string of the molecule is C[C@@H](CN1CCCC1=O)NC(=O)N1CCC[C@@H]1c1ccsc1. The summed E-state index contributed by atoms with van der Waals surface area (Å²) in [6.07, 6.45) is 3.66. The number of amides is 3. The van der Waals surface area contributed by atoms with Crippen LogP contribution in [0.1, 0.15) is 44.2 Å². The second kappa shape index (κ2) is 6.69. The first kappa shape index (κ1) is 15.3. The number of hydrogen-bond donors (Lipinski definition) is 1. The van der Waals surface area contributed by atoms with E-state index in [4.69, 9.17) is 0 Å². The van der Waals surface area contributed by atoms with Crippen molar-refractivity contribution in [3.8, 4) is 0 Å². The van der Waals surface area contributed by atoms with Crippen molar-refractivity contribution in [3.63, 3.8) is 0 Å². The van der Waals surface area contributed by atoms with E-state index in [9.17, 15) is 9.59 Å². The quantitative estimate of drug-likeness (QED) is 0.927. The lowest BCUT2D eigenvalue weighted by Crippen LogP contribution is -2.47. The number of likely N-dealkylation sites (tertiary alicyclic amines) is 2. The molecule has 6 heteroatoms.